The van der Waals surface area contributed by atoms with Crippen LogP contribution in [0.2, 0.25) is 0 Å². The van der Waals surface area contributed by atoms with Crippen molar-refractivity contribution in [2.75, 3.05) is 0 Å². The average molecular weight is 210 g/mol. The number of hydrogen-bond donors (Lipinski definition) is 0. The first kappa shape index (κ1) is 11.4. The summed E-state index contributed by atoms with van der Waals surface area (Å²) in [6.07, 6.45) is 7.30. The molecule has 2 fully saturated rings. The Hall–Kier alpha value is -0.0400. The topological polar surface area (TPSA) is 9.23 Å². The summed E-state index contributed by atoms with van der Waals surface area (Å²) >= 11 is 0. The van der Waals surface area contributed by atoms with Crippen molar-refractivity contribution in [3.05, 3.63) is 0 Å². The molecular formula is C14H26O. The van der Waals surface area contributed by atoms with E-state index in [1.165, 1.54) is 32.1 Å². The third kappa shape index (κ3) is 2.22. The van der Waals surface area contributed by atoms with Crippen molar-refractivity contribution in [1.29, 1.82) is 0 Å². The first-order valence-corrected chi connectivity index (χ1v) is 6.70. The van der Waals surface area contributed by atoms with E-state index in [-0.39, 0.29) is 0 Å². The zero-order valence-electron chi connectivity index (χ0n) is 10.8. The maximum atomic E-state index is 6.16. The molecule has 0 bridgehead atoms. The Balaban J connectivity index is 1.80. The van der Waals surface area contributed by atoms with E-state index in [4.69, 9.17) is 4.74 Å². The molecule has 1 heteroatoms. The van der Waals surface area contributed by atoms with Crippen molar-refractivity contribution < 1.29 is 4.74 Å². The predicted molar refractivity (Wildman–Crippen MR) is 63.9 cm³/mol. The second-order valence-electron chi connectivity index (χ2n) is 6.37. The van der Waals surface area contributed by atoms with E-state index in [2.05, 4.69) is 27.7 Å². The first-order chi connectivity index (χ1) is 7.02. The van der Waals surface area contributed by atoms with Crippen LogP contribution in [0.3, 0.4) is 0 Å². The molecule has 1 saturated carbocycles. The smallest absolute Gasteiger partial charge is 0.0711 e. The Labute approximate surface area is 94.6 Å². The third-order valence-corrected chi connectivity index (χ3v) is 4.60. The lowest BCUT2D eigenvalue weighted by atomic mass is 9.69. The lowest BCUT2D eigenvalue weighted by molar-refractivity contribution is -0.238. The van der Waals surface area contributed by atoms with Gasteiger partial charge in [0.05, 0.1) is 11.7 Å². The van der Waals surface area contributed by atoms with Crippen molar-refractivity contribution in [3.63, 3.8) is 0 Å². The first-order valence-electron chi connectivity index (χ1n) is 6.70. The largest absolute Gasteiger partial charge is 0.371 e. The fourth-order valence-corrected chi connectivity index (χ4v) is 3.20. The van der Waals surface area contributed by atoms with Crippen LogP contribution >= 0.6 is 0 Å². The Morgan fingerprint density at radius 3 is 1.93 bits per heavy atom. The van der Waals surface area contributed by atoms with E-state index in [1.807, 2.05) is 0 Å². The van der Waals surface area contributed by atoms with Gasteiger partial charge in [0.15, 0.2) is 0 Å². The molecule has 1 nitrogen and oxygen atoms in total. The van der Waals surface area contributed by atoms with E-state index in [0.29, 0.717) is 17.6 Å². The summed E-state index contributed by atoms with van der Waals surface area (Å²) in [5.41, 5.74) is 0.320. The Bertz CT molecular complexity index is 203. The second kappa shape index (κ2) is 4.08. The molecule has 0 radical (unpaired) electrons. The minimum atomic E-state index is 0.320. The molecule has 0 amide bonds. The lowest BCUT2D eigenvalue weighted by Crippen LogP contribution is -2.54. The van der Waals surface area contributed by atoms with Gasteiger partial charge in [0.1, 0.15) is 0 Å². The van der Waals surface area contributed by atoms with E-state index < -0.39 is 0 Å². The summed E-state index contributed by atoms with van der Waals surface area (Å²) < 4.78 is 6.16. The van der Waals surface area contributed by atoms with Crippen molar-refractivity contribution in [3.8, 4) is 0 Å². The zero-order valence-corrected chi connectivity index (χ0v) is 10.8. The van der Waals surface area contributed by atoms with Crippen LogP contribution in [0.15, 0.2) is 0 Å². The van der Waals surface area contributed by atoms with Crippen LogP contribution in [0.1, 0.15) is 59.8 Å². The van der Waals surface area contributed by atoms with Crippen LogP contribution in [0.4, 0.5) is 0 Å². The van der Waals surface area contributed by atoms with Gasteiger partial charge in [0, 0.05) is 6.42 Å². The van der Waals surface area contributed by atoms with Gasteiger partial charge in [-0.3, -0.25) is 0 Å². The molecule has 1 unspecified atom stereocenters. The highest BCUT2D eigenvalue weighted by molar-refractivity contribution is 4.98. The molecule has 0 N–H and O–H groups in total. The van der Waals surface area contributed by atoms with Gasteiger partial charge in [-0.1, -0.05) is 27.7 Å². The molecule has 2 aliphatic rings. The van der Waals surface area contributed by atoms with Crippen molar-refractivity contribution in [1.82, 2.24) is 0 Å². The monoisotopic (exact) mass is 210 g/mol. The van der Waals surface area contributed by atoms with Gasteiger partial charge in [0.25, 0.3) is 0 Å². The van der Waals surface area contributed by atoms with Gasteiger partial charge in [-0.2, -0.15) is 0 Å². The summed E-state index contributed by atoms with van der Waals surface area (Å²) in [7, 11) is 0. The van der Waals surface area contributed by atoms with Crippen molar-refractivity contribution >= 4 is 0 Å². The van der Waals surface area contributed by atoms with Gasteiger partial charge < -0.3 is 4.74 Å². The van der Waals surface area contributed by atoms with Crippen LogP contribution in [0.5, 0.6) is 0 Å². The molecule has 0 aromatic heterocycles. The summed E-state index contributed by atoms with van der Waals surface area (Å²) in [5, 5.41) is 0. The maximum Gasteiger partial charge on any atom is 0.0711 e. The second-order valence-corrected chi connectivity index (χ2v) is 6.37. The minimum Gasteiger partial charge on any atom is -0.371 e. The highest BCUT2D eigenvalue weighted by atomic mass is 16.5. The molecule has 0 aromatic rings. The van der Waals surface area contributed by atoms with Crippen LogP contribution < -0.4 is 0 Å². The van der Waals surface area contributed by atoms with Crippen LogP contribution in [0.25, 0.3) is 0 Å². The Morgan fingerprint density at radius 1 is 1.00 bits per heavy atom. The molecule has 0 aromatic carbocycles. The highest BCUT2D eigenvalue weighted by Crippen LogP contribution is 2.48. The number of ether oxygens (including phenoxy) is 1. The predicted octanol–water partition coefficient (Wildman–Crippen LogP) is 4.02. The van der Waals surface area contributed by atoms with Crippen LogP contribution in [0, 0.1) is 17.8 Å². The van der Waals surface area contributed by atoms with Gasteiger partial charge in [-0.05, 0) is 43.4 Å². The third-order valence-electron chi connectivity index (χ3n) is 4.60. The molecular weight excluding hydrogens is 184 g/mol. The average Bonchev–Trinajstić information content (AvgIpc) is 2.13. The van der Waals surface area contributed by atoms with E-state index in [9.17, 15) is 0 Å². The lowest BCUT2D eigenvalue weighted by Gasteiger charge is -2.53. The van der Waals surface area contributed by atoms with Gasteiger partial charge in [-0.15, -0.1) is 0 Å². The summed E-state index contributed by atoms with van der Waals surface area (Å²) in [6.45, 7) is 9.27. The quantitative estimate of drug-likeness (QED) is 0.669. The molecule has 1 aliphatic heterocycles. The minimum absolute atomic E-state index is 0.320. The maximum absolute atomic E-state index is 6.16. The van der Waals surface area contributed by atoms with Gasteiger partial charge in [-0.25, -0.2) is 0 Å². The Kier molecular flexibility index (Phi) is 3.12. The molecule has 2 rings (SSSR count). The van der Waals surface area contributed by atoms with E-state index in [0.717, 1.165) is 11.8 Å². The van der Waals surface area contributed by atoms with Crippen LogP contribution in [-0.4, -0.2) is 11.7 Å². The van der Waals surface area contributed by atoms with Gasteiger partial charge in [0.2, 0.25) is 0 Å². The summed E-state index contributed by atoms with van der Waals surface area (Å²) in [6, 6.07) is 0. The summed E-state index contributed by atoms with van der Waals surface area (Å²) in [5.74, 6) is 2.53. The molecule has 1 spiro atoms. The molecule has 1 heterocycles. The Morgan fingerprint density at radius 2 is 1.53 bits per heavy atom. The zero-order chi connectivity index (χ0) is 11.1. The van der Waals surface area contributed by atoms with Gasteiger partial charge >= 0.3 is 0 Å². The summed E-state index contributed by atoms with van der Waals surface area (Å²) in [4.78, 5) is 0. The molecule has 88 valence electrons. The highest BCUT2D eigenvalue weighted by Gasteiger charge is 2.48. The van der Waals surface area contributed by atoms with Crippen molar-refractivity contribution in [2.24, 2.45) is 17.8 Å². The normalized spacial score (nSPS) is 41.2. The van der Waals surface area contributed by atoms with E-state index in [1.54, 1.807) is 0 Å². The SMILES string of the molecule is CC(C)C1CCC2(CC1)CC(C(C)C)O2. The standard InChI is InChI=1S/C14H26O/c1-10(2)12-5-7-14(8-6-12)9-13(15-14)11(3)4/h10-13H,5-9H2,1-4H3. The number of hydrogen-bond acceptors (Lipinski definition) is 1. The van der Waals surface area contributed by atoms with Crippen molar-refractivity contribution in [2.45, 2.75) is 71.5 Å². The molecule has 1 atom stereocenters. The molecule has 15 heavy (non-hydrogen) atoms. The van der Waals surface area contributed by atoms with Crippen LogP contribution in [-0.2, 0) is 4.74 Å². The molecule has 1 aliphatic carbocycles. The molecule has 1 saturated heterocycles. The van der Waals surface area contributed by atoms with E-state index >= 15 is 0 Å². The fraction of sp³-hybridized carbons (Fsp3) is 1.00. The fourth-order valence-electron chi connectivity index (χ4n) is 3.20. The number of rotatable bonds is 2.